The number of furan rings is 1. The summed E-state index contributed by atoms with van der Waals surface area (Å²) < 4.78 is 7.32. The molecule has 190 valence electrons. The van der Waals surface area contributed by atoms with Gasteiger partial charge in [-0.3, -0.25) is 14.7 Å². The van der Waals surface area contributed by atoms with Crippen LogP contribution in [-0.4, -0.2) is 35.1 Å². The molecule has 0 saturated carbocycles. The number of aromatic amines is 1. The molecule has 0 aliphatic rings. The van der Waals surface area contributed by atoms with Gasteiger partial charge in [-0.05, 0) is 77.2 Å². The molecular formula is C28H31N7O2. The zero-order valence-electron chi connectivity index (χ0n) is 21.5. The Morgan fingerprint density at radius 2 is 1.97 bits per heavy atom. The fourth-order valence-electron chi connectivity index (χ4n) is 5.00. The van der Waals surface area contributed by atoms with E-state index in [-0.39, 0.29) is 17.5 Å². The number of aryl methyl sites for hydroxylation is 2. The van der Waals surface area contributed by atoms with E-state index in [0.29, 0.717) is 25.2 Å². The molecule has 5 aromatic rings. The average Bonchev–Trinajstić information content (AvgIpc) is 3.53. The molecule has 0 radical (unpaired) electrons. The van der Waals surface area contributed by atoms with Crippen LogP contribution in [0.5, 0.6) is 0 Å². The maximum absolute atomic E-state index is 13.2. The van der Waals surface area contributed by atoms with Gasteiger partial charge < -0.3 is 9.40 Å². The van der Waals surface area contributed by atoms with Gasteiger partial charge in [-0.25, -0.2) is 4.68 Å². The molecule has 0 bridgehead atoms. The number of benzene rings is 1. The lowest BCUT2D eigenvalue weighted by Crippen LogP contribution is -2.35. The fourth-order valence-corrected chi connectivity index (χ4v) is 5.00. The molecule has 37 heavy (non-hydrogen) atoms. The van der Waals surface area contributed by atoms with Gasteiger partial charge in [0.25, 0.3) is 5.56 Å². The van der Waals surface area contributed by atoms with Crippen LogP contribution in [0.2, 0.25) is 0 Å². The molecule has 4 aromatic heterocycles. The van der Waals surface area contributed by atoms with Crippen molar-refractivity contribution in [3.8, 4) is 0 Å². The largest absolute Gasteiger partial charge is 0.467 e. The number of nitrogens with zero attached hydrogens (tertiary/aromatic N) is 6. The van der Waals surface area contributed by atoms with E-state index in [4.69, 9.17) is 4.42 Å². The van der Waals surface area contributed by atoms with Gasteiger partial charge in [0.15, 0.2) is 5.82 Å². The van der Waals surface area contributed by atoms with Gasteiger partial charge >= 0.3 is 0 Å². The molecule has 4 heterocycles. The van der Waals surface area contributed by atoms with E-state index < -0.39 is 0 Å². The molecule has 0 aliphatic carbocycles. The lowest BCUT2D eigenvalue weighted by Gasteiger charge is -2.33. The number of aromatic nitrogens is 6. The molecule has 9 heteroatoms. The Hall–Kier alpha value is -4.11. The average molecular weight is 498 g/mol. The first-order valence-electron chi connectivity index (χ1n) is 12.4. The molecule has 0 unspecified atom stereocenters. The zero-order valence-corrected chi connectivity index (χ0v) is 21.5. The number of fused-ring (bicyclic) bond motifs is 1. The maximum atomic E-state index is 13.2. The van der Waals surface area contributed by atoms with Crippen molar-refractivity contribution in [3.05, 3.63) is 105 Å². The Labute approximate surface area is 215 Å². The molecule has 0 fully saturated rings. The van der Waals surface area contributed by atoms with Crippen LogP contribution in [0.15, 0.2) is 70.3 Å². The lowest BCUT2D eigenvalue weighted by atomic mass is 9.99. The van der Waals surface area contributed by atoms with Gasteiger partial charge in [0.2, 0.25) is 0 Å². The van der Waals surface area contributed by atoms with Crippen molar-refractivity contribution in [1.29, 1.82) is 0 Å². The molecule has 0 aliphatic heterocycles. The lowest BCUT2D eigenvalue weighted by molar-refractivity contribution is 0.125. The van der Waals surface area contributed by atoms with E-state index >= 15 is 0 Å². The molecule has 9 nitrogen and oxygen atoms in total. The highest BCUT2D eigenvalue weighted by molar-refractivity contribution is 5.83. The van der Waals surface area contributed by atoms with Gasteiger partial charge in [-0.15, -0.1) is 5.10 Å². The fraction of sp³-hybridized carbons (Fsp3) is 0.321. The van der Waals surface area contributed by atoms with Gasteiger partial charge in [-0.2, -0.15) is 0 Å². The second-order valence-corrected chi connectivity index (χ2v) is 9.90. The quantitative estimate of drug-likeness (QED) is 0.318. The Morgan fingerprint density at radius 3 is 2.70 bits per heavy atom. The summed E-state index contributed by atoms with van der Waals surface area (Å²) in [5.41, 5.74) is 4.75. The minimum atomic E-state index is -0.167. The van der Waals surface area contributed by atoms with Crippen molar-refractivity contribution in [1.82, 2.24) is 35.1 Å². The van der Waals surface area contributed by atoms with Gasteiger partial charge in [0, 0.05) is 41.9 Å². The summed E-state index contributed by atoms with van der Waals surface area (Å²) in [6.07, 6.45) is 5.26. The summed E-state index contributed by atoms with van der Waals surface area (Å²) in [5.74, 6) is 1.65. The minimum Gasteiger partial charge on any atom is -0.467 e. The first-order chi connectivity index (χ1) is 17.9. The summed E-state index contributed by atoms with van der Waals surface area (Å²) in [6.45, 7) is 9.82. The van der Waals surface area contributed by atoms with E-state index in [1.54, 1.807) is 17.1 Å². The van der Waals surface area contributed by atoms with Crippen LogP contribution in [-0.2, 0) is 19.6 Å². The van der Waals surface area contributed by atoms with E-state index in [2.05, 4.69) is 57.2 Å². The number of nitrogens with one attached hydrogen (secondary N) is 1. The maximum Gasteiger partial charge on any atom is 0.252 e. The molecular weight excluding hydrogens is 466 g/mol. The summed E-state index contributed by atoms with van der Waals surface area (Å²) in [4.78, 5) is 22.9. The van der Waals surface area contributed by atoms with Gasteiger partial charge in [0.1, 0.15) is 12.3 Å². The summed E-state index contributed by atoms with van der Waals surface area (Å²) in [7, 11) is 0. The van der Waals surface area contributed by atoms with Crippen molar-refractivity contribution < 1.29 is 4.42 Å². The molecule has 0 amide bonds. The smallest absolute Gasteiger partial charge is 0.252 e. The zero-order chi connectivity index (χ0) is 25.9. The normalized spacial score (nSPS) is 12.6. The Bertz CT molecular complexity index is 1540. The molecule has 0 spiro atoms. The van der Waals surface area contributed by atoms with Crippen molar-refractivity contribution in [2.45, 2.75) is 53.4 Å². The Balaban J connectivity index is 1.57. The van der Waals surface area contributed by atoms with Crippen molar-refractivity contribution in [2.75, 3.05) is 0 Å². The Morgan fingerprint density at radius 1 is 1.11 bits per heavy atom. The summed E-state index contributed by atoms with van der Waals surface area (Å²) >= 11 is 0. The highest BCUT2D eigenvalue weighted by Gasteiger charge is 2.30. The third-order valence-corrected chi connectivity index (χ3v) is 6.61. The highest BCUT2D eigenvalue weighted by Crippen LogP contribution is 2.30. The molecule has 1 N–H and O–H groups in total. The standard InChI is InChI=1S/C28H31N7O2/c1-18(2)26(27-31-32-33-35(27)17-23-8-6-10-37-23)34(15-21-7-5-9-29-14-21)16-22-13-24-20(4)11-19(3)12-25(24)30-28(22)36/h5-14,18,26H,15-17H2,1-4H3,(H,30,36)/t26-/m1/s1. The monoisotopic (exact) mass is 497 g/mol. The Kier molecular flexibility index (Phi) is 6.96. The number of rotatable bonds is 9. The summed E-state index contributed by atoms with van der Waals surface area (Å²) in [6, 6.07) is 13.7. The molecule has 5 rings (SSSR count). The second kappa shape index (κ2) is 10.5. The number of tetrazole rings is 1. The predicted molar refractivity (Wildman–Crippen MR) is 141 cm³/mol. The van der Waals surface area contributed by atoms with Crippen LogP contribution >= 0.6 is 0 Å². The van der Waals surface area contributed by atoms with E-state index in [9.17, 15) is 4.79 Å². The van der Waals surface area contributed by atoms with Crippen LogP contribution in [0, 0.1) is 19.8 Å². The summed E-state index contributed by atoms with van der Waals surface area (Å²) in [5, 5.41) is 13.7. The number of pyridine rings is 2. The van der Waals surface area contributed by atoms with E-state index in [0.717, 1.165) is 39.2 Å². The molecule has 0 saturated heterocycles. The van der Waals surface area contributed by atoms with Crippen molar-refractivity contribution in [2.24, 2.45) is 5.92 Å². The van der Waals surface area contributed by atoms with Gasteiger partial charge in [0.05, 0.1) is 12.3 Å². The third-order valence-electron chi connectivity index (χ3n) is 6.61. The van der Waals surface area contributed by atoms with Gasteiger partial charge in [-0.1, -0.05) is 26.0 Å². The first kappa shape index (κ1) is 24.6. The third kappa shape index (κ3) is 5.36. The topological polar surface area (TPSA) is 106 Å². The number of hydrogen-bond acceptors (Lipinski definition) is 7. The van der Waals surface area contributed by atoms with E-state index in [1.165, 1.54) is 0 Å². The van der Waals surface area contributed by atoms with E-state index in [1.807, 2.05) is 49.5 Å². The van der Waals surface area contributed by atoms with Crippen LogP contribution in [0.4, 0.5) is 0 Å². The van der Waals surface area contributed by atoms with Crippen LogP contribution in [0.1, 0.15) is 53.7 Å². The van der Waals surface area contributed by atoms with Crippen LogP contribution in [0.25, 0.3) is 10.9 Å². The van der Waals surface area contributed by atoms with Crippen LogP contribution in [0.3, 0.4) is 0 Å². The molecule has 1 atom stereocenters. The highest BCUT2D eigenvalue weighted by atomic mass is 16.3. The SMILES string of the molecule is Cc1cc(C)c2cc(CN(Cc3cccnc3)[C@@H](c3nnnn3Cc3ccco3)C(C)C)c(=O)[nH]c2c1. The van der Waals surface area contributed by atoms with Crippen LogP contribution < -0.4 is 5.56 Å². The number of H-pyrrole nitrogens is 1. The predicted octanol–water partition coefficient (Wildman–Crippen LogP) is 4.57. The van der Waals surface area contributed by atoms with Crippen molar-refractivity contribution in [3.63, 3.8) is 0 Å². The first-order valence-corrected chi connectivity index (χ1v) is 12.4. The van der Waals surface area contributed by atoms with Crippen molar-refractivity contribution >= 4 is 10.9 Å². The second-order valence-electron chi connectivity index (χ2n) is 9.90. The minimum absolute atomic E-state index is 0.0913. The number of hydrogen-bond donors (Lipinski definition) is 1. The molecule has 1 aromatic carbocycles.